The van der Waals surface area contributed by atoms with E-state index in [1.807, 2.05) is 6.92 Å². The maximum atomic E-state index is 12.0. The molecule has 1 fully saturated rings. The van der Waals surface area contributed by atoms with Crippen molar-refractivity contribution < 1.29 is 9.90 Å². The van der Waals surface area contributed by atoms with Gasteiger partial charge in [-0.15, -0.1) is 0 Å². The van der Waals surface area contributed by atoms with Gasteiger partial charge in [-0.3, -0.25) is 4.79 Å². The van der Waals surface area contributed by atoms with Crippen LogP contribution in [0.25, 0.3) is 0 Å². The van der Waals surface area contributed by atoms with E-state index in [9.17, 15) is 9.90 Å². The molecule has 0 unspecified atom stereocenters. The lowest BCUT2D eigenvalue weighted by atomic mass is 10.0. The molecule has 1 aromatic rings. The Bertz CT molecular complexity index is 451. The Morgan fingerprint density at radius 2 is 2.33 bits per heavy atom. The molecule has 18 heavy (non-hydrogen) atoms. The number of nitrogens with one attached hydrogen (secondary N) is 2. The summed E-state index contributed by atoms with van der Waals surface area (Å²) >= 11 is 5.92. The van der Waals surface area contributed by atoms with Gasteiger partial charge in [0, 0.05) is 17.1 Å². The monoisotopic (exact) mass is 268 g/mol. The Kier molecular flexibility index (Phi) is 4.22. The molecule has 1 aliphatic rings. The molecule has 1 amide bonds. The third-order valence-corrected chi connectivity index (χ3v) is 3.61. The van der Waals surface area contributed by atoms with Crippen LogP contribution >= 0.6 is 11.6 Å². The van der Waals surface area contributed by atoms with Crippen molar-refractivity contribution in [2.24, 2.45) is 0 Å². The van der Waals surface area contributed by atoms with E-state index in [0.29, 0.717) is 17.1 Å². The number of aryl methyl sites for hydroxylation is 1. The van der Waals surface area contributed by atoms with Gasteiger partial charge in [-0.05, 0) is 43.7 Å². The molecule has 1 aliphatic heterocycles. The van der Waals surface area contributed by atoms with Gasteiger partial charge in [0.2, 0.25) is 0 Å². The van der Waals surface area contributed by atoms with Gasteiger partial charge in [0.05, 0.1) is 12.1 Å². The molecule has 3 N–H and O–H groups in total. The first kappa shape index (κ1) is 13.3. The van der Waals surface area contributed by atoms with Gasteiger partial charge in [-0.25, -0.2) is 0 Å². The highest BCUT2D eigenvalue weighted by molar-refractivity contribution is 6.31. The normalized spacial score (nSPS) is 23.7. The minimum absolute atomic E-state index is 0.166. The number of piperidine rings is 1. The Morgan fingerprint density at radius 3 is 3.00 bits per heavy atom. The molecule has 0 aromatic heterocycles. The molecule has 98 valence electrons. The number of carbonyl (C=O) groups excluding carboxylic acids is 1. The zero-order valence-corrected chi connectivity index (χ0v) is 11.0. The fourth-order valence-electron chi connectivity index (χ4n) is 2.05. The van der Waals surface area contributed by atoms with Crippen molar-refractivity contribution in [3.05, 3.63) is 34.3 Å². The van der Waals surface area contributed by atoms with Crippen molar-refractivity contribution in [3.63, 3.8) is 0 Å². The zero-order valence-electron chi connectivity index (χ0n) is 10.2. The Morgan fingerprint density at radius 1 is 1.56 bits per heavy atom. The van der Waals surface area contributed by atoms with E-state index in [4.69, 9.17) is 11.6 Å². The van der Waals surface area contributed by atoms with Gasteiger partial charge in [-0.1, -0.05) is 11.6 Å². The zero-order chi connectivity index (χ0) is 13.1. The highest BCUT2D eigenvalue weighted by Crippen LogP contribution is 2.16. The van der Waals surface area contributed by atoms with Gasteiger partial charge in [-0.2, -0.15) is 0 Å². The number of amides is 1. The van der Waals surface area contributed by atoms with Crippen LogP contribution in [0.1, 0.15) is 22.3 Å². The number of rotatable bonds is 2. The lowest BCUT2D eigenvalue weighted by Crippen LogP contribution is -2.52. The number of aliphatic hydroxyl groups excluding tert-OH is 1. The number of aliphatic hydroxyl groups is 1. The van der Waals surface area contributed by atoms with E-state index in [2.05, 4.69) is 10.6 Å². The first-order valence-corrected chi connectivity index (χ1v) is 6.41. The van der Waals surface area contributed by atoms with E-state index < -0.39 is 6.10 Å². The lowest BCUT2D eigenvalue weighted by molar-refractivity contribution is 0.0765. The summed E-state index contributed by atoms with van der Waals surface area (Å²) in [5.41, 5.74) is 1.44. The van der Waals surface area contributed by atoms with Crippen LogP contribution in [0.2, 0.25) is 5.02 Å². The van der Waals surface area contributed by atoms with Crippen molar-refractivity contribution in [3.8, 4) is 0 Å². The predicted molar refractivity (Wildman–Crippen MR) is 70.9 cm³/mol. The van der Waals surface area contributed by atoms with Gasteiger partial charge in [0.1, 0.15) is 0 Å². The molecule has 0 bridgehead atoms. The van der Waals surface area contributed by atoms with Crippen LogP contribution in [-0.4, -0.2) is 36.2 Å². The van der Waals surface area contributed by atoms with Crippen LogP contribution in [-0.2, 0) is 0 Å². The standard InChI is InChI=1S/C13H17ClN2O2/c1-8-6-9(2-3-10(8)14)13(18)16-11-4-5-15-7-12(11)17/h2-3,6,11-12,15,17H,4-5,7H2,1H3,(H,16,18)/t11-,12-/m1/s1. The summed E-state index contributed by atoms with van der Waals surface area (Å²) in [5, 5.41) is 16.3. The Labute approximate surface area is 111 Å². The second-order valence-electron chi connectivity index (χ2n) is 4.60. The van der Waals surface area contributed by atoms with Gasteiger partial charge in [0.15, 0.2) is 0 Å². The lowest BCUT2D eigenvalue weighted by Gasteiger charge is -2.29. The van der Waals surface area contributed by atoms with E-state index in [1.54, 1.807) is 18.2 Å². The molecule has 4 nitrogen and oxygen atoms in total. The van der Waals surface area contributed by atoms with Crippen LogP contribution in [0.3, 0.4) is 0 Å². The van der Waals surface area contributed by atoms with Crippen LogP contribution in [0.4, 0.5) is 0 Å². The molecule has 5 heteroatoms. The minimum Gasteiger partial charge on any atom is -0.390 e. The molecule has 0 spiro atoms. The molecule has 1 heterocycles. The Hall–Kier alpha value is -1.10. The molecule has 0 saturated carbocycles. The highest BCUT2D eigenvalue weighted by atomic mass is 35.5. The largest absolute Gasteiger partial charge is 0.390 e. The maximum Gasteiger partial charge on any atom is 0.251 e. The highest BCUT2D eigenvalue weighted by Gasteiger charge is 2.24. The van der Waals surface area contributed by atoms with Gasteiger partial charge < -0.3 is 15.7 Å². The molecule has 1 aromatic carbocycles. The molecular weight excluding hydrogens is 252 g/mol. The number of carbonyl (C=O) groups is 1. The summed E-state index contributed by atoms with van der Waals surface area (Å²) in [5.74, 6) is -0.166. The number of benzene rings is 1. The number of hydrogen-bond donors (Lipinski definition) is 3. The first-order valence-electron chi connectivity index (χ1n) is 6.03. The van der Waals surface area contributed by atoms with Crippen LogP contribution in [0, 0.1) is 6.92 Å². The minimum atomic E-state index is -0.531. The molecule has 0 aliphatic carbocycles. The summed E-state index contributed by atoms with van der Waals surface area (Å²) in [6.07, 6.45) is 0.204. The fourth-order valence-corrected chi connectivity index (χ4v) is 2.17. The average Bonchev–Trinajstić information content (AvgIpc) is 2.35. The van der Waals surface area contributed by atoms with E-state index >= 15 is 0 Å². The first-order chi connectivity index (χ1) is 8.58. The van der Waals surface area contributed by atoms with Gasteiger partial charge >= 0.3 is 0 Å². The van der Waals surface area contributed by atoms with E-state index in [1.165, 1.54) is 0 Å². The second kappa shape index (κ2) is 5.69. The third kappa shape index (κ3) is 3.02. The second-order valence-corrected chi connectivity index (χ2v) is 5.01. The van der Waals surface area contributed by atoms with E-state index in [0.717, 1.165) is 18.5 Å². The predicted octanol–water partition coefficient (Wildman–Crippen LogP) is 1.10. The van der Waals surface area contributed by atoms with Gasteiger partial charge in [0.25, 0.3) is 5.91 Å². The molecule has 2 atom stereocenters. The van der Waals surface area contributed by atoms with Crippen LogP contribution in [0.5, 0.6) is 0 Å². The Balaban J connectivity index is 2.04. The van der Waals surface area contributed by atoms with Crippen molar-refractivity contribution in [2.75, 3.05) is 13.1 Å². The summed E-state index contributed by atoms with van der Waals surface area (Å²) in [6, 6.07) is 4.98. The summed E-state index contributed by atoms with van der Waals surface area (Å²) in [6.45, 7) is 3.19. The smallest absolute Gasteiger partial charge is 0.251 e. The van der Waals surface area contributed by atoms with Crippen molar-refractivity contribution >= 4 is 17.5 Å². The molecular formula is C13H17ClN2O2. The molecule has 0 radical (unpaired) electrons. The van der Waals surface area contributed by atoms with Crippen LogP contribution < -0.4 is 10.6 Å². The summed E-state index contributed by atoms with van der Waals surface area (Å²) < 4.78 is 0. The molecule has 1 saturated heterocycles. The van der Waals surface area contributed by atoms with E-state index in [-0.39, 0.29) is 11.9 Å². The summed E-state index contributed by atoms with van der Waals surface area (Å²) in [4.78, 5) is 12.0. The third-order valence-electron chi connectivity index (χ3n) is 3.19. The fraction of sp³-hybridized carbons (Fsp3) is 0.462. The van der Waals surface area contributed by atoms with Crippen LogP contribution in [0.15, 0.2) is 18.2 Å². The molecule has 2 rings (SSSR count). The van der Waals surface area contributed by atoms with Crippen molar-refractivity contribution in [1.29, 1.82) is 0 Å². The number of β-amino-alcohol motifs (C(OH)–C–C–N with tert-alkyl or cyclic N) is 1. The maximum absolute atomic E-state index is 12.0. The SMILES string of the molecule is Cc1cc(C(=O)N[C@@H]2CCNC[C@H]2O)ccc1Cl. The quantitative estimate of drug-likeness (QED) is 0.753. The number of hydrogen-bond acceptors (Lipinski definition) is 3. The van der Waals surface area contributed by atoms with Crippen molar-refractivity contribution in [2.45, 2.75) is 25.5 Å². The summed E-state index contributed by atoms with van der Waals surface area (Å²) in [7, 11) is 0. The van der Waals surface area contributed by atoms with Crippen molar-refractivity contribution in [1.82, 2.24) is 10.6 Å². The topological polar surface area (TPSA) is 61.4 Å². The average molecular weight is 269 g/mol. The number of halogens is 1.